The van der Waals surface area contributed by atoms with E-state index in [9.17, 15) is 4.79 Å². The Morgan fingerprint density at radius 2 is 2.04 bits per heavy atom. The fourth-order valence-corrected chi connectivity index (χ4v) is 3.62. The number of hydrogen-bond donors (Lipinski definition) is 1. The zero-order valence-electron chi connectivity index (χ0n) is 13.9. The number of amides is 1. The number of morpholine rings is 1. The van der Waals surface area contributed by atoms with Gasteiger partial charge >= 0.3 is 6.09 Å². The van der Waals surface area contributed by atoms with Crippen LogP contribution >= 0.6 is 11.6 Å². The van der Waals surface area contributed by atoms with Gasteiger partial charge in [0.2, 0.25) is 0 Å². The van der Waals surface area contributed by atoms with Crippen LogP contribution in [0.2, 0.25) is 5.02 Å². The second kappa shape index (κ2) is 7.59. The van der Waals surface area contributed by atoms with E-state index in [0.29, 0.717) is 6.54 Å². The minimum atomic E-state index is -0.838. The largest absolute Gasteiger partial charge is 0.465 e. The van der Waals surface area contributed by atoms with Gasteiger partial charge in [-0.05, 0) is 24.6 Å². The van der Waals surface area contributed by atoms with Crippen LogP contribution in [0.1, 0.15) is 12.5 Å². The molecule has 24 heavy (non-hydrogen) atoms. The van der Waals surface area contributed by atoms with Crippen LogP contribution in [0.5, 0.6) is 0 Å². The van der Waals surface area contributed by atoms with E-state index in [0.717, 1.165) is 62.2 Å². The first-order valence-electron chi connectivity index (χ1n) is 8.37. The topological polar surface area (TPSA) is 56.2 Å². The Morgan fingerprint density at radius 3 is 2.67 bits per heavy atom. The van der Waals surface area contributed by atoms with Crippen molar-refractivity contribution in [2.75, 3.05) is 50.8 Å². The first-order chi connectivity index (χ1) is 11.5. The summed E-state index contributed by atoms with van der Waals surface area (Å²) >= 11 is 6.49. The third-order valence-corrected chi connectivity index (χ3v) is 5.12. The highest BCUT2D eigenvalue weighted by Gasteiger charge is 2.27. The molecule has 0 spiro atoms. The summed E-state index contributed by atoms with van der Waals surface area (Å²) in [7, 11) is 0. The second-order valence-electron chi connectivity index (χ2n) is 6.44. The maximum absolute atomic E-state index is 11.1. The summed E-state index contributed by atoms with van der Waals surface area (Å²) in [5.74, 6) is 0. The standard InChI is InChI=1S/C17H24ClN3O3/c1-13-11-19(4-5-21(13)17(22)23)12-14-2-3-15(10-16(14)18)20-6-8-24-9-7-20/h2-3,10,13H,4-9,11-12H2,1H3,(H,22,23)/t13-/m1/s1. The molecule has 2 fully saturated rings. The summed E-state index contributed by atoms with van der Waals surface area (Å²) in [5.41, 5.74) is 2.22. The monoisotopic (exact) mass is 353 g/mol. The lowest BCUT2D eigenvalue weighted by molar-refractivity contribution is 0.0711. The molecule has 2 heterocycles. The summed E-state index contributed by atoms with van der Waals surface area (Å²) in [5, 5.41) is 9.93. The van der Waals surface area contributed by atoms with Crippen molar-refractivity contribution in [2.24, 2.45) is 0 Å². The van der Waals surface area contributed by atoms with E-state index in [1.54, 1.807) is 0 Å². The van der Waals surface area contributed by atoms with E-state index in [1.807, 2.05) is 13.0 Å². The number of carboxylic acid groups (broad SMARTS) is 1. The number of piperazine rings is 1. The van der Waals surface area contributed by atoms with Gasteiger partial charge in [-0.1, -0.05) is 17.7 Å². The van der Waals surface area contributed by atoms with Crippen LogP contribution in [0.25, 0.3) is 0 Å². The predicted molar refractivity (Wildman–Crippen MR) is 94.0 cm³/mol. The van der Waals surface area contributed by atoms with E-state index in [-0.39, 0.29) is 6.04 Å². The van der Waals surface area contributed by atoms with Crippen LogP contribution in [0, 0.1) is 0 Å². The van der Waals surface area contributed by atoms with E-state index in [2.05, 4.69) is 21.9 Å². The molecular weight excluding hydrogens is 330 g/mol. The molecule has 132 valence electrons. The molecule has 0 saturated carbocycles. The quantitative estimate of drug-likeness (QED) is 0.904. The molecule has 2 saturated heterocycles. The highest BCUT2D eigenvalue weighted by atomic mass is 35.5. The van der Waals surface area contributed by atoms with Crippen LogP contribution in [-0.4, -0.2) is 73.0 Å². The number of anilines is 1. The van der Waals surface area contributed by atoms with Gasteiger partial charge in [0.15, 0.2) is 0 Å². The van der Waals surface area contributed by atoms with Crippen molar-refractivity contribution < 1.29 is 14.6 Å². The lowest BCUT2D eigenvalue weighted by Crippen LogP contribution is -2.53. The minimum absolute atomic E-state index is 0.00245. The molecule has 1 atom stereocenters. The Hall–Kier alpha value is -1.50. The first-order valence-corrected chi connectivity index (χ1v) is 8.75. The molecule has 2 aliphatic rings. The van der Waals surface area contributed by atoms with Gasteiger partial charge in [0.05, 0.1) is 13.2 Å². The number of benzene rings is 1. The highest BCUT2D eigenvalue weighted by molar-refractivity contribution is 6.31. The molecule has 7 heteroatoms. The normalized spacial score (nSPS) is 22.7. The molecule has 0 bridgehead atoms. The van der Waals surface area contributed by atoms with Crippen molar-refractivity contribution in [3.63, 3.8) is 0 Å². The van der Waals surface area contributed by atoms with E-state index in [1.165, 1.54) is 4.90 Å². The van der Waals surface area contributed by atoms with E-state index >= 15 is 0 Å². The minimum Gasteiger partial charge on any atom is -0.465 e. The van der Waals surface area contributed by atoms with Crippen LogP contribution in [0.3, 0.4) is 0 Å². The molecule has 3 rings (SSSR count). The predicted octanol–water partition coefficient (Wildman–Crippen LogP) is 2.36. The molecular formula is C17H24ClN3O3. The van der Waals surface area contributed by atoms with Crippen molar-refractivity contribution in [1.29, 1.82) is 0 Å². The Morgan fingerprint density at radius 1 is 1.29 bits per heavy atom. The smallest absolute Gasteiger partial charge is 0.407 e. The van der Waals surface area contributed by atoms with E-state index < -0.39 is 6.09 Å². The molecule has 1 N–H and O–H groups in total. The third kappa shape index (κ3) is 3.94. The summed E-state index contributed by atoms with van der Waals surface area (Å²) in [6, 6.07) is 6.23. The number of nitrogens with zero attached hydrogens (tertiary/aromatic N) is 3. The average Bonchev–Trinajstić information content (AvgIpc) is 2.57. The molecule has 1 aromatic rings. The number of rotatable bonds is 3. The lowest BCUT2D eigenvalue weighted by atomic mass is 10.1. The van der Waals surface area contributed by atoms with Gasteiger partial charge in [0.25, 0.3) is 0 Å². The second-order valence-corrected chi connectivity index (χ2v) is 6.84. The van der Waals surface area contributed by atoms with Crippen LogP contribution in [0.15, 0.2) is 18.2 Å². The molecule has 6 nitrogen and oxygen atoms in total. The van der Waals surface area contributed by atoms with Gasteiger partial charge < -0.3 is 19.6 Å². The van der Waals surface area contributed by atoms with Gasteiger partial charge in [-0.3, -0.25) is 4.90 Å². The third-order valence-electron chi connectivity index (χ3n) is 4.76. The van der Waals surface area contributed by atoms with Crippen molar-refractivity contribution in [1.82, 2.24) is 9.80 Å². The van der Waals surface area contributed by atoms with Crippen LogP contribution in [0.4, 0.5) is 10.5 Å². The molecule has 0 radical (unpaired) electrons. The van der Waals surface area contributed by atoms with Crippen molar-refractivity contribution >= 4 is 23.4 Å². The lowest BCUT2D eigenvalue weighted by Gasteiger charge is -2.38. The number of carbonyl (C=O) groups is 1. The fourth-order valence-electron chi connectivity index (χ4n) is 3.38. The SMILES string of the molecule is C[C@@H]1CN(Cc2ccc(N3CCOCC3)cc2Cl)CCN1C(=O)O. The van der Waals surface area contributed by atoms with Gasteiger partial charge in [0.1, 0.15) is 0 Å². The molecule has 1 amide bonds. The van der Waals surface area contributed by atoms with Gasteiger partial charge in [0, 0.05) is 56.0 Å². The summed E-state index contributed by atoms with van der Waals surface area (Å²) in [6.45, 7) is 8.00. The van der Waals surface area contributed by atoms with Crippen molar-refractivity contribution in [3.8, 4) is 0 Å². The fraction of sp³-hybridized carbons (Fsp3) is 0.588. The molecule has 0 aromatic heterocycles. The first kappa shape index (κ1) is 17.3. The maximum atomic E-state index is 11.1. The zero-order chi connectivity index (χ0) is 17.1. The van der Waals surface area contributed by atoms with Gasteiger partial charge in [-0.15, -0.1) is 0 Å². The molecule has 2 aliphatic heterocycles. The molecule has 1 aromatic carbocycles. The number of ether oxygens (including phenoxy) is 1. The number of hydrogen-bond acceptors (Lipinski definition) is 4. The van der Waals surface area contributed by atoms with Gasteiger partial charge in [-0.2, -0.15) is 0 Å². The number of halogens is 1. The van der Waals surface area contributed by atoms with Gasteiger partial charge in [-0.25, -0.2) is 4.79 Å². The highest BCUT2D eigenvalue weighted by Crippen LogP contribution is 2.26. The summed E-state index contributed by atoms with van der Waals surface area (Å²) < 4.78 is 5.38. The van der Waals surface area contributed by atoms with E-state index in [4.69, 9.17) is 21.4 Å². The van der Waals surface area contributed by atoms with Crippen LogP contribution in [-0.2, 0) is 11.3 Å². The Balaban J connectivity index is 1.62. The zero-order valence-corrected chi connectivity index (χ0v) is 14.7. The molecule has 0 aliphatic carbocycles. The summed E-state index contributed by atoms with van der Waals surface area (Å²) in [6.07, 6.45) is -0.838. The summed E-state index contributed by atoms with van der Waals surface area (Å²) in [4.78, 5) is 17.2. The Kier molecular flexibility index (Phi) is 5.48. The Labute approximate surface area is 147 Å². The molecule has 0 unspecified atom stereocenters. The van der Waals surface area contributed by atoms with Crippen molar-refractivity contribution in [3.05, 3.63) is 28.8 Å². The van der Waals surface area contributed by atoms with Crippen LogP contribution < -0.4 is 4.90 Å². The average molecular weight is 354 g/mol. The Bertz CT molecular complexity index is 592. The van der Waals surface area contributed by atoms with Crippen molar-refractivity contribution in [2.45, 2.75) is 19.5 Å². The maximum Gasteiger partial charge on any atom is 0.407 e.